The number of esters is 1. The molecule has 2 unspecified atom stereocenters. The molecule has 0 saturated heterocycles. The molecule has 1 rings (SSSR count). The lowest BCUT2D eigenvalue weighted by atomic mass is 10.0. The first-order valence-corrected chi connectivity index (χ1v) is 8.44. The quantitative estimate of drug-likeness (QED) is 0.374. The third-order valence-electron chi connectivity index (χ3n) is 3.06. The van der Waals surface area contributed by atoms with Crippen molar-refractivity contribution in [2.24, 2.45) is 5.92 Å². The number of rotatable bonds is 10. The van der Waals surface area contributed by atoms with Crippen LogP contribution in [0, 0.1) is 5.92 Å². The molecule has 0 bridgehead atoms. The van der Waals surface area contributed by atoms with E-state index in [2.05, 4.69) is 24.3 Å². The van der Waals surface area contributed by atoms with Gasteiger partial charge in [0, 0.05) is 21.6 Å². The van der Waals surface area contributed by atoms with E-state index < -0.39 is 0 Å². The predicted molar refractivity (Wildman–Crippen MR) is 84.3 cm³/mol. The third-order valence-corrected chi connectivity index (χ3v) is 4.21. The van der Waals surface area contributed by atoms with Crippen molar-refractivity contribution in [3.05, 3.63) is 35.9 Å². The van der Waals surface area contributed by atoms with Crippen LogP contribution in [0.15, 0.2) is 30.3 Å². The maximum absolute atomic E-state index is 11.9. The van der Waals surface area contributed by atoms with Crippen molar-refractivity contribution in [2.75, 3.05) is 19.4 Å². The van der Waals surface area contributed by atoms with E-state index in [-0.39, 0.29) is 11.9 Å². The first-order chi connectivity index (χ1) is 9.77. The van der Waals surface area contributed by atoms with Gasteiger partial charge in [-0.15, -0.1) is 0 Å². The number of hydrogen-bond acceptors (Lipinski definition) is 3. The van der Waals surface area contributed by atoms with Gasteiger partial charge >= 0.3 is 5.97 Å². The minimum absolute atomic E-state index is 0.0245. The first-order valence-electron chi connectivity index (χ1n) is 7.33. The summed E-state index contributed by atoms with van der Waals surface area (Å²) in [4.78, 5) is 11.9. The van der Waals surface area contributed by atoms with Gasteiger partial charge < -0.3 is 9.26 Å². The Kier molecular flexibility index (Phi) is 9.27. The van der Waals surface area contributed by atoms with Crippen molar-refractivity contribution in [3.63, 3.8) is 0 Å². The monoisotopic (exact) mass is 296 g/mol. The third kappa shape index (κ3) is 7.02. The van der Waals surface area contributed by atoms with Gasteiger partial charge in [-0.3, -0.25) is 4.79 Å². The van der Waals surface area contributed by atoms with E-state index in [0.29, 0.717) is 22.0 Å². The molecule has 0 aliphatic rings. The largest absolute Gasteiger partial charge is 0.466 e. The minimum Gasteiger partial charge on any atom is -0.466 e. The van der Waals surface area contributed by atoms with Crippen molar-refractivity contribution >= 4 is 14.8 Å². The van der Waals surface area contributed by atoms with Gasteiger partial charge in [-0.25, -0.2) is 0 Å². The van der Waals surface area contributed by atoms with Crippen molar-refractivity contribution in [3.8, 4) is 0 Å². The van der Waals surface area contributed by atoms with Crippen LogP contribution < -0.4 is 0 Å². The zero-order valence-corrected chi connectivity index (χ0v) is 13.4. The van der Waals surface area contributed by atoms with Crippen LogP contribution in [0.5, 0.6) is 0 Å². The molecule has 4 heteroatoms. The number of aryl methyl sites for hydroxylation is 1. The van der Waals surface area contributed by atoms with Crippen LogP contribution >= 0.6 is 8.81 Å². The number of carbonyl (C=O) groups excluding carboxylic acids is 1. The van der Waals surface area contributed by atoms with Gasteiger partial charge in [0.05, 0.1) is 12.5 Å². The highest BCUT2D eigenvalue weighted by molar-refractivity contribution is 7.32. The Morgan fingerprint density at radius 2 is 1.95 bits per heavy atom. The molecule has 0 aliphatic heterocycles. The molecule has 0 spiro atoms. The zero-order valence-electron chi connectivity index (χ0n) is 12.4. The van der Waals surface area contributed by atoms with Crippen molar-refractivity contribution in [2.45, 2.75) is 33.1 Å². The average molecular weight is 296 g/mol. The minimum atomic E-state index is -0.0761. The Labute approximate surface area is 123 Å². The van der Waals surface area contributed by atoms with Crippen molar-refractivity contribution in [1.82, 2.24) is 0 Å². The number of ether oxygens (including phenoxy) is 1. The Morgan fingerprint density at radius 1 is 1.20 bits per heavy atom. The predicted octanol–water partition coefficient (Wildman–Crippen LogP) is 3.82. The molecular weight excluding hydrogens is 271 g/mol. The van der Waals surface area contributed by atoms with Gasteiger partial charge in [-0.2, -0.15) is 0 Å². The smallest absolute Gasteiger partial charge is 0.309 e. The van der Waals surface area contributed by atoms with Gasteiger partial charge in [-0.1, -0.05) is 30.3 Å². The van der Waals surface area contributed by atoms with Gasteiger partial charge in [-0.05, 0) is 38.7 Å². The van der Waals surface area contributed by atoms with Gasteiger partial charge in [0.15, 0.2) is 0 Å². The molecule has 0 fully saturated rings. The lowest BCUT2D eigenvalue weighted by Crippen LogP contribution is -2.20. The fourth-order valence-corrected chi connectivity index (χ4v) is 2.92. The van der Waals surface area contributed by atoms with Gasteiger partial charge in [0.1, 0.15) is 0 Å². The topological polar surface area (TPSA) is 35.5 Å². The summed E-state index contributed by atoms with van der Waals surface area (Å²) in [6, 6.07) is 10.4. The van der Waals surface area contributed by atoms with Gasteiger partial charge in [0.2, 0.25) is 0 Å². The lowest BCUT2D eigenvalue weighted by molar-refractivity contribution is -0.147. The SMILES string of the molecule is CCOPCC(CCCc1ccccc1)C(=O)OCC. The molecule has 1 aromatic rings. The van der Waals surface area contributed by atoms with Gasteiger partial charge in [0.25, 0.3) is 0 Å². The molecule has 0 radical (unpaired) electrons. The number of benzene rings is 1. The first kappa shape index (κ1) is 17.1. The van der Waals surface area contributed by atoms with Crippen LogP contribution in [0.2, 0.25) is 0 Å². The second kappa shape index (κ2) is 10.8. The molecule has 20 heavy (non-hydrogen) atoms. The summed E-state index contributed by atoms with van der Waals surface area (Å²) in [5, 5.41) is 0. The van der Waals surface area contributed by atoms with E-state index in [1.165, 1.54) is 5.56 Å². The molecule has 0 heterocycles. The molecule has 0 saturated carbocycles. The highest BCUT2D eigenvalue weighted by Crippen LogP contribution is 2.22. The molecule has 0 aliphatic carbocycles. The normalized spacial score (nSPS) is 12.7. The maximum Gasteiger partial charge on any atom is 0.309 e. The molecular formula is C16H25O3P. The van der Waals surface area contributed by atoms with Crippen LogP contribution in [-0.2, 0) is 20.5 Å². The van der Waals surface area contributed by atoms with Crippen molar-refractivity contribution < 1.29 is 14.1 Å². The van der Waals surface area contributed by atoms with E-state index in [1.807, 2.05) is 19.9 Å². The Bertz CT molecular complexity index is 367. The standard InChI is InChI=1S/C16H25O3P/c1-3-18-16(17)15(13-20-19-4-2)12-8-11-14-9-6-5-7-10-14/h5-7,9-10,15,20H,3-4,8,11-13H2,1-2H3. The van der Waals surface area contributed by atoms with E-state index in [1.54, 1.807) is 0 Å². The molecule has 1 aromatic carbocycles. The van der Waals surface area contributed by atoms with Crippen molar-refractivity contribution in [1.29, 1.82) is 0 Å². The highest BCUT2D eigenvalue weighted by Gasteiger charge is 2.19. The Balaban J connectivity index is 2.36. The number of hydrogen-bond donors (Lipinski definition) is 0. The summed E-state index contributed by atoms with van der Waals surface area (Å²) >= 11 is 0. The Morgan fingerprint density at radius 3 is 2.60 bits per heavy atom. The van der Waals surface area contributed by atoms with Crippen LogP contribution in [-0.4, -0.2) is 25.3 Å². The highest BCUT2D eigenvalue weighted by atomic mass is 31.1. The molecule has 0 amide bonds. The summed E-state index contributed by atoms with van der Waals surface area (Å²) in [5.74, 6) is -0.101. The summed E-state index contributed by atoms with van der Waals surface area (Å²) in [6.45, 7) is 4.98. The van der Waals surface area contributed by atoms with E-state index in [4.69, 9.17) is 9.26 Å². The van der Waals surface area contributed by atoms with E-state index >= 15 is 0 Å². The Hall–Kier alpha value is -0.920. The van der Waals surface area contributed by atoms with Crippen LogP contribution in [0.4, 0.5) is 0 Å². The fourth-order valence-electron chi connectivity index (χ4n) is 2.02. The van der Waals surface area contributed by atoms with E-state index in [9.17, 15) is 4.79 Å². The van der Waals surface area contributed by atoms with Crippen LogP contribution in [0.25, 0.3) is 0 Å². The molecule has 3 nitrogen and oxygen atoms in total. The summed E-state index contributed by atoms with van der Waals surface area (Å²) < 4.78 is 10.5. The lowest BCUT2D eigenvalue weighted by Gasteiger charge is -2.15. The van der Waals surface area contributed by atoms with Crippen LogP contribution in [0.1, 0.15) is 32.3 Å². The zero-order chi connectivity index (χ0) is 14.6. The average Bonchev–Trinajstić information content (AvgIpc) is 2.47. The second-order valence-corrected chi connectivity index (χ2v) is 5.59. The fraction of sp³-hybridized carbons (Fsp3) is 0.562. The number of carbonyl (C=O) groups is 1. The second-order valence-electron chi connectivity index (χ2n) is 4.61. The summed E-state index contributed by atoms with van der Waals surface area (Å²) in [7, 11) is 0.387. The summed E-state index contributed by atoms with van der Waals surface area (Å²) in [5.41, 5.74) is 1.32. The maximum atomic E-state index is 11.9. The molecule has 0 N–H and O–H groups in total. The molecule has 0 aromatic heterocycles. The molecule has 112 valence electrons. The van der Waals surface area contributed by atoms with E-state index in [0.717, 1.165) is 25.4 Å². The summed E-state index contributed by atoms with van der Waals surface area (Å²) in [6.07, 6.45) is 3.66. The molecule has 2 atom stereocenters. The van der Waals surface area contributed by atoms with Crippen LogP contribution in [0.3, 0.4) is 0 Å².